The minimum absolute atomic E-state index is 0.149. The summed E-state index contributed by atoms with van der Waals surface area (Å²) in [5.74, 6) is 1.46. The highest BCUT2D eigenvalue weighted by Crippen LogP contribution is 2.30. The average Bonchev–Trinajstić information content (AvgIpc) is 3.09. The summed E-state index contributed by atoms with van der Waals surface area (Å²) in [4.78, 5) is 4.35. The number of para-hydroxylation sites is 2. The molecule has 0 unspecified atom stereocenters. The molecule has 2 heterocycles. The summed E-state index contributed by atoms with van der Waals surface area (Å²) >= 11 is 0. The van der Waals surface area contributed by atoms with Gasteiger partial charge in [0.15, 0.2) is 11.7 Å². The first-order valence-corrected chi connectivity index (χ1v) is 7.53. The van der Waals surface area contributed by atoms with Gasteiger partial charge in [-0.15, -0.1) is 10.2 Å². The van der Waals surface area contributed by atoms with Crippen molar-refractivity contribution in [3.63, 3.8) is 0 Å². The van der Waals surface area contributed by atoms with E-state index in [-0.39, 0.29) is 5.75 Å². The molecule has 0 amide bonds. The van der Waals surface area contributed by atoms with Crippen molar-refractivity contribution in [1.29, 1.82) is 0 Å². The first kappa shape index (κ1) is 14.1. The number of anilines is 2. The predicted molar refractivity (Wildman–Crippen MR) is 93.4 cm³/mol. The van der Waals surface area contributed by atoms with Gasteiger partial charge < -0.3 is 5.11 Å². The molecule has 0 aliphatic carbocycles. The third kappa shape index (κ3) is 2.50. The summed E-state index contributed by atoms with van der Waals surface area (Å²) in [5.41, 5.74) is 4.74. The van der Waals surface area contributed by atoms with E-state index in [0.717, 1.165) is 5.56 Å². The standard InChI is InChI=1S/C18H15N5O/c24-16-11-5-4-10-15(16)22-20-18(14-8-2-1-3-9-14)21-23(22)17-12-6-7-13-19-17/h1-13,24H,(H,20,21). The van der Waals surface area contributed by atoms with E-state index in [9.17, 15) is 5.11 Å². The van der Waals surface area contributed by atoms with Crippen LogP contribution < -0.4 is 15.7 Å². The zero-order valence-corrected chi connectivity index (χ0v) is 12.7. The molecule has 0 saturated carbocycles. The van der Waals surface area contributed by atoms with Crippen LogP contribution in [0.4, 0.5) is 11.5 Å². The Kier molecular flexibility index (Phi) is 3.47. The minimum atomic E-state index is 0.149. The van der Waals surface area contributed by atoms with Crippen LogP contribution in [0, 0.1) is 0 Å². The number of phenols is 1. The lowest BCUT2D eigenvalue weighted by molar-refractivity contribution is 0.472. The molecule has 118 valence electrons. The lowest BCUT2D eigenvalue weighted by Gasteiger charge is -2.27. The smallest absolute Gasteiger partial charge is 0.176 e. The maximum atomic E-state index is 10.2. The molecule has 3 aromatic rings. The zero-order valence-electron chi connectivity index (χ0n) is 12.7. The Bertz CT molecular complexity index is 867. The highest BCUT2D eigenvalue weighted by Gasteiger charge is 2.28. The van der Waals surface area contributed by atoms with Crippen molar-refractivity contribution in [2.45, 2.75) is 0 Å². The fourth-order valence-electron chi connectivity index (χ4n) is 2.46. The van der Waals surface area contributed by atoms with Crippen molar-refractivity contribution in [3.05, 3.63) is 84.6 Å². The third-order valence-corrected chi connectivity index (χ3v) is 3.61. The van der Waals surface area contributed by atoms with Crippen LogP contribution in [0.5, 0.6) is 5.75 Å². The number of amidine groups is 1. The summed E-state index contributed by atoms with van der Waals surface area (Å²) in [6, 6.07) is 22.5. The fraction of sp³-hybridized carbons (Fsp3) is 0. The Labute approximate surface area is 139 Å². The molecule has 6 heteroatoms. The van der Waals surface area contributed by atoms with Gasteiger partial charge in [-0.25, -0.2) is 4.98 Å². The molecule has 2 aromatic carbocycles. The van der Waals surface area contributed by atoms with Gasteiger partial charge in [-0.3, -0.25) is 5.43 Å². The van der Waals surface area contributed by atoms with Crippen LogP contribution in [0.1, 0.15) is 5.56 Å². The third-order valence-electron chi connectivity index (χ3n) is 3.61. The van der Waals surface area contributed by atoms with E-state index >= 15 is 0 Å². The largest absolute Gasteiger partial charge is 0.506 e. The Hall–Kier alpha value is -3.54. The number of hydrazone groups is 1. The van der Waals surface area contributed by atoms with Crippen molar-refractivity contribution >= 4 is 17.3 Å². The normalized spacial score (nSPS) is 13.6. The summed E-state index contributed by atoms with van der Waals surface area (Å²) in [6.07, 6.45) is 1.70. The molecule has 0 bridgehead atoms. The number of hydrogen-bond donors (Lipinski definition) is 2. The van der Waals surface area contributed by atoms with Crippen LogP contribution >= 0.6 is 0 Å². The molecule has 0 radical (unpaired) electrons. The molecule has 0 saturated heterocycles. The van der Waals surface area contributed by atoms with Crippen molar-refractivity contribution in [2.24, 2.45) is 5.10 Å². The van der Waals surface area contributed by atoms with Crippen molar-refractivity contribution < 1.29 is 5.11 Å². The lowest BCUT2D eigenvalue weighted by Crippen LogP contribution is -2.45. The van der Waals surface area contributed by atoms with Crippen molar-refractivity contribution in [2.75, 3.05) is 10.2 Å². The van der Waals surface area contributed by atoms with E-state index in [1.54, 1.807) is 28.6 Å². The summed E-state index contributed by atoms with van der Waals surface area (Å²) in [5, 5.41) is 18.1. The summed E-state index contributed by atoms with van der Waals surface area (Å²) in [7, 11) is 0. The molecule has 4 rings (SSSR count). The monoisotopic (exact) mass is 317 g/mol. The maximum Gasteiger partial charge on any atom is 0.176 e. The molecule has 1 aliphatic heterocycles. The highest BCUT2D eigenvalue weighted by atomic mass is 16.3. The number of rotatable bonds is 3. The molecule has 0 atom stereocenters. The van der Waals surface area contributed by atoms with Crippen LogP contribution in [0.25, 0.3) is 0 Å². The van der Waals surface area contributed by atoms with E-state index in [1.165, 1.54) is 0 Å². The zero-order chi connectivity index (χ0) is 16.4. The Morgan fingerprint density at radius 1 is 0.833 bits per heavy atom. The topological polar surface area (TPSA) is 64.0 Å². The van der Waals surface area contributed by atoms with Gasteiger partial charge in [-0.2, -0.15) is 5.12 Å². The van der Waals surface area contributed by atoms with Crippen LogP contribution in [-0.4, -0.2) is 15.9 Å². The van der Waals surface area contributed by atoms with Crippen LogP contribution in [0.15, 0.2) is 84.1 Å². The molecule has 24 heavy (non-hydrogen) atoms. The van der Waals surface area contributed by atoms with Gasteiger partial charge in [0.25, 0.3) is 0 Å². The van der Waals surface area contributed by atoms with E-state index < -0.39 is 0 Å². The molecule has 0 fully saturated rings. The average molecular weight is 317 g/mol. The number of benzene rings is 2. The SMILES string of the molecule is Oc1ccccc1N1NC(c2ccccc2)=NN1c1ccccn1. The van der Waals surface area contributed by atoms with E-state index in [2.05, 4.69) is 15.5 Å². The Morgan fingerprint density at radius 2 is 1.58 bits per heavy atom. The fourth-order valence-corrected chi connectivity index (χ4v) is 2.46. The van der Waals surface area contributed by atoms with Gasteiger partial charge in [0, 0.05) is 11.8 Å². The Morgan fingerprint density at radius 3 is 2.33 bits per heavy atom. The van der Waals surface area contributed by atoms with Gasteiger partial charge in [0.05, 0.1) is 0 Å². The Balaban J connectivity index is 1.78. The van der Waals surface area contributed by atoms with Gasteiger partial charge in [-0.05, 0) is 24.3 Å². The van der Waals surface area contributed by atoms with Crippen LogP contribution in [0.3, 0.4) is 0 Å². The molecular weight excluding hydrogens is 302 g/mol. The summed E-state index contributed by atoms with van der Waals surface area (Å²) < 4.78 is 0. The number of hydrazine groups is 2. The lowest BCUT2D eigenvalue weighted by atomic mass is 10.2. The van der Waals surface area contributed by atoms with Gasteiger partial charge in [-0.1, -0.05) is 48.5 Å². The molecule has 1 aliphatic rings. The van der Waals surface area contributed by atoms with Gasteiger partial charge in [0.2, 0.25) is 0 Å². The number of aromatic nitrogens is 1. The van der Waals surface area contributed by atoms with Gasteiger partial charge >= 0.3 is 0 Å². The second-order valence-electron chi connectivity index (χ2n) is 5.20. The van der Waals surface area contributed by atoms with Gasteiger partial charge in [0.1, 0.15) is 11.4 Å². The number of nitrogens with one attached hydrogen (secondary N) is 1. The summed E-state index contributed by atoms with van der Waals surface area (Å²) in [6.45, 7) is 0. The van der Waals surface area contributed by atoms with Crippen LogP contribution in [-0.2, 0) is 0 Å². The number of phenolic OH excluding ortho intramolecular Hbond substituents is 1. The van der Waals surface area contributed by atoms with Crippen LogP contribution in [0.2, 0.25) is 0 Å². The van der Waals surface area contributed by atoms with Crippen molar-refractivity contribution in [1.82, 2.24) is 10.4 Å². The van der Waals surface area contributed by atoms with E-state index in [0.29, 0.717) is 17.3 Å². The maximum absolute atomic E-state index is 10.2. The number of aromatic hydroxyl groups is 1. The quantitative estimate of drug-likeness (QED) is 0.778. The first-order valence-electron chi connectivity index (χ1n) is 7.53. The number of nitrogens with zero attached hydrogens (tertiary/aromatic N) is 4. The predicted octanol–water partition coefficient (Wildman–Crippen LogP) is 2.90. The first-order chi connectivity index (χ1) is 11.8. The highest BCUT2D eigenvalue weighted by molar-refractivity contribution is 6.02. The molecule has 2 N–H and O–H groups in total. The molecule has 1 aromatic heterocycles. The number of hydrogen-bond acceptors (Lipinski definition) is 6. The van der Waals surface area contributed by atoms with E-state index in [4.69, 9.17) is 0 Å². The van der Waals surface area contributed by atoms with Crippen molar-refractivity contribution in [3.8, 4) is 5.75 Å². The number of pyridine rings is 1. The molecule has 0 spiro atoms. The minimum Gasteiger partial charge on any atom is -0.506 e. The second-order valence-corrected chi connectivity index (χ2v) is 5.20. The van der Waals surface area contributed by atoms with E-state index in [1.807, 2.05) is 60.7 Å². The molecular formula is C18H15N5O. The molecule has 6 nitrogen and oxygen atoms in total. The second kappa shape index (κ2) is 5.92.